The number of rotatable bonds is 41. The first kappa shape index (κ1) is 53.6. The van der Waals surface area contributed by atoms with Gasteiger partial charge in [0.2, 0.25) is 29.5 Å². The molecule has 1 rings (SSSR count). The lowest BCUT2D eigenvalue weighted by molar-refractivity contribution is -0.151. The maximum atomic E-state index is 12.3. The predicted octanol–water partition coefficient (Wildman–Crippen LogP) is 3.61. The quantitative estimate of drug-likeness (QED) is 0.0464. The summed E-state index contributed by atoms with van der Waals surface area (Å²) in [7, 11) is 0. The zero-order valence-electron chi connectivity index (χ0n) is 35.2. The van der Waals surface area contributed by atoms with Gasteiger partial charge in [0.15, 0.2) is 0 Å². The number of nitrogens with one attached hydrogen (secondary N) is 3. The van der Waals surface area contributed by atoms with Crippen molar-refractivity contribution in [2.75, 3.05) is 65.9 Å². The first-order valence-electron chi connectivity index (χ1n) is 21.4. The zero-order chi connectivity index (χ0) is 44.1. The van der Waals surface area contributed by atoms with Crippen LogP contribution in [0.1, 0.15) is 128 Å². The molecule has 0 aromatic carbocycles. The van der Waals surface area contributed by atoms with Crippen LogP contribution in [0.2, 0.25) is 0 Å². The molecule has 0 aliphatic heterocycles. The van der Waals surface area contributed by atoms with Crippen LogP contribution in [0.3, 0.4) is 0 Å². The third-order valence-corrected chi connectivity index (χ3v) is 9.16. The minimum Gasteiger partial charge on any atom is -0.492 e. The highest BCUT2D eigenvalue weighted by Gasteiger charge is 2.21. The number of nitrogens with zero attached hydrogens (tertiary/aromatic N) is 1. The summed E-state index contributed by atoms with van der Waals surface area (Å²) in [6, 6.07) is 1.15. The van der Waals surface area contributed by atoms with Gasteiger partial charge in [-0.3, -0.25) is 19.2 Å². The molecule has 0 radical (unpaired) electrons. The second-order valence-electron chi connectivity index (χ2n) is 14.4. The van der Waals surface area contributed by atoms with Crippen molar-refractivity contribution in [3.05, 3.63) is 12.1 Å². The second-order valence-corrected chi connectivity index (χ2v) is 14.4. The Hall–Kier alpha value is -4.46. The van der Waals surface area contributed by atoms with E-state index in [-0.39, 0.29) is 103 Å². The monoisotopic (exact) mass is 858 g/mol. The minimum atomic E-state index is -1.19. The predicted molar refractivity (Wildman–Crippen MR) is 218 cm³/mol. The smallest absolute Gasteiger partial charge is 0.358 e. The van der Waals surface area contributed by atoms with Crippen molar-refractivity contribution in [2.24, 2.45) is 0 Å². The number of aliphatic carboxylic acids is 2. The molecule has 7 N–H and O–H groups in total. The van der Waals surface area contributed by atoms with Gasteiger partial charge in [-0.15, -0.1) is 4.73 Å². The van der Waals surface area contributed by atoms with E-state index < -0.39 is 42.3 Å². The SMILES string of the molecule is O=C(O)CCCCCCCCCCCCCCCCCCC(=O)NC(CCC(=O)NCCOCCOCC(=O)NCCOCCOCC(=O)On1c(O)ccc1O)C(=O)O. The van der Waals surface area contributed by atoms with Crippen molar-refractivity contribution in [2.45, 2.75) is 134 Å². The fraction of sp³-hybridized carbons (Fsp3) is 0.756. The number of carbonyl (C=O) groups is 6. The molecular formula is C41H70N4O15. The van der Waals surface area contributed by atoms with E-state index in [4.69, 9.17) is 28.9 Å². The number of amides is 3. The van der Waals surface area contributed by atoms with E-state index in [1.807, 2.05) is 0 Å². The van der Waals surface area contributed by atoms with E-state index in [2.05, 4.69) is 16.0 Å². The summed E-state index contributed by atoms with van der Waals surface area (Å²) in [4.78, 5) is 74.9. The third-order valence-electron chi connectivity index (χ3n) is 9.16. The van der Waals surface area contributed by atoms with Crippen molar-refractivity contribution in [1.29, 1.82) is 0 Å². The van der Waals surface area contributed by atoms with Crippen LogP contribution in [0.15, 0.2) is 12.1 Å². The topological polar surface area (TPSA) is 271 Å². The molecular weight excluding hydrogens is 788 g/mol. The first-order chi connectivity index (χ1) is 29.0. The molecule has 0 saturated heterocycles. The molecule has 3 amide bonds. The Balaban J connectivity index is 1.90. The van der Waals surface area contributed by atoms with E-state index in [0.29, 0.717) is 11.2 Å². The highest BCUT2D eigenvalue weighted by Crippen LogP contribution is 2.18. The van der Waals surface area contributed by atoms with E-state index in [1.54, 1.807) is 0 Å². The summed E-state index contributed by atoms with van der Waals surface area (Å²) in [5.41, 5.74) is 0. The lowest BCUT2D eigenvalue weighted by Crippen LogP contribution is -2.41. The summed E-state index contributed by atoms with van der Waals surface area (Å²) in [5, 5.41) is 44.8. The van der Waals surface area contributed by atoms with E-state index in [0.717, 1.165) is 50.7 Å². The normalized spacial score (nSPS) is 11.5. The van der Waals surface area contributed by atoms with Crippen molar-refractivity contribution < 1.29 is 73.0 Å². The van der Waals surface area contributed by atoms with Crippen LogP contribution < -0.4 is 20.8 Å². The average Bonchev–Trinajstić information content (AvgIpc) is 3.52. The summed E-state index contributed by atoms with van der Waals surface area (Å²) in [5.74, 6) is -4.67. The summed E-state index contributed by atoms with van der Waals surface area (Å²) in [6.07, 6.45) is 18.2. The highest BCUT2D eigenvalue weighted by molar-refractivity contribution is 5.84. The van der Waals surface area contributed by atoms with Crippen LogP contribution in [0, 0.1) is 0 Å². The molecule has 0 bridgehead atoms. The molecule has 0 spiro atoms. The Bertz CT molecular complexity index is 1320. The maximum absolute atomic E-state index is 12.3. The largest absolute Gasteiger partial charge is 0.492 e. The standard InChI is InChI=1S/C41H70N4O15/c46-34(42-23-25-56-27-29-58-31-36(48)43-24-26-57-28-30-59-32-40(53)60-45-37(49)21-22-38(45)50)20-19-33(41(54)55)44-35(47)17-15-13-11-9-7-5-3-1-2-4-6-8-10-12-14-16-18-39(51)52/h21-22,33,49-50H,1-20,23-32H2,(H,42,46)(H,43,48)(H,44,47)(H,51,52)(H,54,55). The molecule has 1 heterocycles. The van der Waals surface area contributed by atoms with Crippen molar-refractivity contribution in [1.82, 2.24) is 20.7 Å². The number of hydrogen-bond acceptors (Lipinski definition) is 13. The molecule has 1 aromatic heterocycles. The van der Waals surface area contributed by atoms with Crippen LogP contribution in [0.25, 0.3) is 0 Å². The molecule has 0 aliphatic rings. The van der Waals surface area contributed by atoms with Crippen molar-refractivity contribution in [3.63, 3.8) is 0 Å². The summed E-state index contributed by atoms with van der Waals surface area (Å²) in [6.45, 7) is 0.714. The van der Waals surface area contributed by atoms with Gasteiger partial charge in [-0.05, 0) is 19.3 Å². The van der Waals surface area contributed by atoms with Crippen LogP contribution in [0.5, 0.6) is 11.8 Å². The van der Waals surface area contributed by atoms with Gasteiger partial charge in [-0.1, -0.05) is 89.9 Å². The first-order valence-corrected chi connectivity index (χ1v) is 21.4. The van der Waals surface area contributed by atoms with Gasteiger partial charge in [0, 0.05) is 44.5 Å². The van der Waals surface area contributed by atoms with Gasteiger partial charge < -0.3 is 60.2 Å². The summed E-state index contributed by atoms with van der Waals surface area (Å²) < 4.78 is 21.6. The molecule has 19 nitrogen and oxygen atoms in total. The van der Waals surface area contributed by atoms with Crippen LogP contribution in [-0.2, 0) is 47.7 Å². The van der Waals surface area contributed by atoms with E-state index in [9.17, 15) is 44.1 Å². The number of ether oxygens (including phenoxy) is 4. The number of carboxylic acid groups (broad SMARTS) is 2. The maximum Gasteiger partial charge on any atom is 0.358 e. The number of carbonyl (C=O) groups excluding carboxylic acids is 4. The Labute approximate surface area is 353 Å². The number of unbranched alkanes of at least 4 members (excludes halogenated alkanes) is 15. The van der Waals surface area contributed by atoms with E-state index >= 15 is 0 Å². The van der Waals surface area contributed by atoms with E-state index in [1.165, 1.54) is 57.8 Å². The van der Waals surface area contributed by atoms with Crippen LogP contribution in [-0.4, -0.2) is 133 Å². The van der Waals surface area contributed by atoms with Crippen molar-refractivity contribution in [3.8, 4) is 11.8 Å². The van der Waals surface area contributed by atoms with Gasteiger partial charge in [0.05, 0.1) is 39.6 Å². The Morgan fingerprint density at radius 2 is 0.950 bits per heavy atom. The number of carboxylic acids is 2. The van der Waals surface area contributed by atoms with Gasteiger partial charge in [0.1, 0.15) is 19.3 Å². The number of aromatic nitrogens is 1. The molecule has 1 unspecified atom stereocenters. The second kappa shape index (κ2) is 36.4. The molecule has 0 aliphatic carbocycles. The Kier molecular flexibility index (Phi) is 32.5. The van der Waals surface area contributed by atoms with Gasteiger partial charge >= 0.3 is 17.9 Å². The summed E-state index contributed by atoms with van der Waals surface area (Å²) >= 11 is 0. The third kappa shape index (κ3) is 31.5. The minimum absolute atomic E-state index is 0.0330. The fourth-order valence-corrected chi connectivity index (χ4v) is 5.88. The molecule has 0 saturated carbocycles. The lowest BCUT2D eigenvalue weighted by Gasteiger charge is -2.14. The number of aromatic hydroxyl groups is 2. The molecule has 1 atom stereocenters. The Morgan fingerprint density at radius 3 is 1.43 bits per heavy atom. The van der Waals surface area contributed by atoms with Crippen LogP contribution >= 0.6 is 0 Å². The van der Waals surface area contributed by atoms with Crippen molar-refractivity contribution >= 4 is 35.6 Å². The molecule has 0 fully saturated rings. The fourth-order valence-electron chi connectivity index (χ4n) is 5.88. The van der Waals surface area contributed by atoms with Gasteiger partial charge in [-0.25, -0.2) is 9.59 Å². The van der Waals surface area contributed by atoms with Crippen LogP contribution in [0.4, 0.5) is 0 Å². The number of hydrogen-bond donors (Lipinski definition) is 7. The van der Waals surface area contributed by atoms with Gasteiger partial charge in [-0.2, -0.15) is 0 Å². The lowest BCUT2D eigenvalue weighted by atomic mass is 10.0. The molecule has 19 heteroatoms. The Morgan fingerprint density at radius 1 is 0.517 bits per heavy atom. The molecule has 344 valence electrons. The molecule has 60 heavy (non-hydrogen) atoms. The molecule has 1 aromatic rings. The average molecular weight is 859 g/mol. The zero-order valence-corrected chi connectivity index (χ0v) is 35.2. The van der Waals surface area contributed by atoms with Gasteiger partial charge in [0.25, 0.3) is 0 Å². The highest BCUT2D eigenvalue weighted by atomic mass is 16.7.